The number of nitrogens with one attached hydrogen (secondary N) is 1. The number of hydrogen-bond acceptors (Lipinski definition) is 3. The van der Waals surface area contributed by atoms with Crippen LogP contribution in [0.3, 0.4) is 0 Å². The van der Waals surface area contributed by atoms with Crippen molar-refractivity contribution < 1.29 is 0 Å². The molecule has 2 heterocycles. The lowest BCUT2D eigenvalue weighted by Gasteiger charge is -2.37. The molecule has 0 radical (unpaired) electrons. The van der Waals surface area contributed by atoms with E-state index in [1.165, 1.54) is 12.1 Å². The molecule has 0 aliphatic carbocycles. The second-order valence-corrected chi connectivity index (χ2v) is 5.13. The zero-order valence-corrected chi connectivity index (χ0v) is 11.2. The highest BCUT2D eigenvalue weighted by atomic mass is 15.2. The van der Waals surface area contributed by atoms with Gasteiger partial charge in [-0.3, -0.25) is 9.88 Å². The average Bonchev–Trinajstić information content (AvgIpc) is 2.39. The number of nitrogens with zero attached hydrogens (tertiary/aromatic N) is 2. The Hall–Kier alpha value is -1.19. The van der Waals surface area contributed by atoms with Crippen molar-refractivity contribution in [3.8, 4) is 0 Å². The van der Waals surface area contributed by atoms with E-state index in [2.05, 4.69) is 40.8 Å². The van der Waals surface area contributed by atoms with Gasteiger partial charge in [0.25, 0.3) is 0 Å². The molecule has 1 aromatic rings. The summed E-state index contributed by atoms with van der Waals surface area (Å²) in [5.74, 6) is 0.683. The first-order valence-electron chi connectivity index (χ1n) is 6.76. The Morgan fingerprint density at radius 1 is 1.56 bits per heavy atom. The summed E-state index contributed by atoms with van der Waals surface area (Å²) in [6.07, 6.45) is 5.02. The summed E-state index contributed by atoms with van der Waals surface area (Å²) >= 11 is 0. The Balaban J connectivity index is 1.82. The Morgan fingerprint density at radius 3 is 3.11 bits per heavy atom. The van der Waals surface area contributed by atoms with Gasteiger partial charge < -0.3 is 5.32 Å². The Kier molecular flexibility index (Phi) is 4.90. The lowest BCUT2D eigenvalue weighted by Crippen LogP contribution is -2.48. The predicted molar refractivity (Wildman–Crippen MR) is 75.3 cm³/mol. The van der Waals surface area contributed by atoms with Crippen LogP contribution in [-0.4, -0.2) is 35.6 Å². The largest absolute Gasteiger partial charge is 0.310 e. The lowest BCUT2D eigenvalue weighted by molar-refractivity contribution is 0.141. The number of pyridine rings is 1. The Bertz CT molecular complexity index is 363. The van der Waals surface area contributed by atoms with Crippen molar-refractivity contribution in [1.82, 2.24) is 15.2 Å². The standard InChI is InChI=1S/C15H23N3/c1-3-8-17-15-7-10-18(11-13(15)2)12-14-6-4-5-9-16-14/h3-6,9,13,15,17H,1,7-8,10-12H2,2H3/t13-,15-/m1/s1. The van der Waals surface area contributed by atoms with E-state index in [-0.39, 0.29) is 0 Å². The summed E-state index contributed by atoms with van der Waals surface area (Å²) in [5.41, 5.74) is 1.17. The van der Waals surface area contributed by atoms with E-state index >= 15 is 0 Å². The summed E-state index contributed by atoms with van der Waals surface area (Å²) in [7, 11) is 0. The summed E-state index contributed by atoms with van der Waals surface area (Å²) < 4.78 is 0. The quantitative estimate of drug-likeness (QED) is 0.805. The zero-order chi connectivity index (χ0) is 12.8. The molecule has 1 saturated heterocycles. The van der Waals surface area contributed by atoms with Crippen LogP contribution in [0.25, 0.3) is 0 Å². The van der Waals surface area contributed by atoms with Crippen LogP contribution in [0.2, 0.25) is 0 Å². The summed E-state index contributed by atoms with van der Waals surface area (Å²) in [5, 5.41) is 3.55. The highest BCUT2D eigenvalue weighted by molar-refractivity contribution is 5.03. The third-order valence-electron chi connectivity index (χ3n) is 3.63. The fraction of sp³-hybridized carbons (Fsp3) is 0.533. The van der Waals surface area contributed by atoms with Crippen LogP contribution in [-0.2, 0) is 6.54 Å². The van der Waals surface area contributed by atoms with E-state index < -0.39 is 0 Å². The van der Waals surface area contributed by atoms with Crippen molar-refractivity contribution in [3.63, 3.8) is 0 Å². The normalized spacial score (nSPS) is 24.9. The fourth-order valence-electron chi connectivity index (χ4n) is 2.63. The molecule has 1 aliphatic heterocycles. The van der Waals surface area contributed by atoms with E-state index in [4.69, 9.17) is 0 Å². The Labute approximate surface area is 110 Å². The molecular weight excluding hydrogens is 222 g/mol. The van der Waals surface area contributed by atoms with Gasteiger partial charge >= 0.3 is 0 Å². The predicted octanol–water partition coefficient (Wildman–Crippen LogP) is 2.07. The second kappa shape index (κ2) is 6.66. The van der Waals surface area contributed by atoms with Gasteiger partial charge in [-0.1, -0.05) is 19.1 Å². The van der Waals surface area contributed by atoms with E-state index in [0.717, 1.165) is 26.2 Å². The summed E-state index contributed by atoms with van der Waals surface area (Å²) in [6.45, 7) is 10.3. The van der Waals surface area contributed by atoms with Gasteiger partial charge in [0.15, 0.2) is 0 Å². The van der Waals surface area contributed by atoms with Crippen LogP contribution in [0, 0.1) is 5.92 Å². The van der Waals surface area contributed by atoms with Crippen molar-refractivity contribution in [2.45, 2.75) is 25.9 Å². The minimum atomic E-state index is 0.628. The molecule has 0 unspecified atom stereocenters. The molecule has 0 saturated carbocycles. The molecule has 0 bridgehead atoms. The van der Waals surface area contributed by atoms with Gasteiger partial charge in [0.2, 0.25) is 0 Å². The third kappa shape index (κ3) is 3.65. The topological polar surface area (TPSA) is 28.2 Å². The number of rotatable bonds is 5. The van der Waals surface area contributed by atoms with Crippen molar-refractivity contribution >= 4 is 0 Å². The molecule has 1 aromatic heterocycles. The van der Waals surface area contributed by atoms with Crippen molar-refractivity contribution in [1.29, 1.82) is 0 Å². The monoisotopic (exact) mass is 245 g/mol. The van der Waals surface area contributed by atoms with E-state index in [1.807, 2.05) is 18.3 Å². The van der Waals surface area contributed by atoms with Gasteiger partial charge in [-0.05, 0) is 24.5 Å². The van der Waals surface area contributed by atoms with Gasteiger partial charge in [-0.15, -0.1) is 6.58 Å². The smallest absolute Gasteiger partial charge is 0.0543 e. The molecule has 0 spiro atoms. The number of aromatic nitrogens is 1. The van der Waals surface area contributed by atoms with Gasteiger partial charge in [-0.2, -0.15) is 0 Å². The fourth-order valence-corrected chi connectivity index (χ4v) is 2.63. The van der Waals surface area contributed by atoms with E-state index in [0.29, 0.717) is 12.0 Å². The molecule has 2 rings (SSSR count). The van der Waals surface area contributed by atoms with E-state index in [9.17, 15) is 0 Å². The van der Waals surface area contributed by atoms with E-state index in [1.54, 1.807) is 0 Å². The number of likely N-dealkylation sites (tertiary alicyclic amines) is 1. The minimum Gasteiger partial charge on any atom is -0.310 e. The van der Waals surface area contributed by atoms with Gasteiger partial charge in [-0.25, -0.2) is 0 Å². The molecule has 1 fully saturated rings. The molecule has 2 atom stereocenters. The van der Waals surface area contributed by atoms with Crippen LogP contribution in [0.5, 0.6) is 0 Å². The molecule has 0 aromatic carbocycles. The Morgan fingerprint density at radius 2 is 2.44 bits per heavy atom. The molecule has 98 valence electrons. The average molecular weight is 245 g/mol. The number of hydrogen-bond donors (Lipinski definition) is 1. The van der Waals surface area contributed by atoms with Crippen LogP contribution < -0.4 is 5.32 Å². The lowest BCUT2D eigenvalue weighted by atomic mass is 9.93. The maximum atomic E-state index is 4.40. The maximum Gasteiger partial charge on any atom is 0.0543 e. The van der Waals surface area contributed by atoms with Crippen LogP contribution in [0.15, 0.2) is 37.1 Å². The van der Waals surface area contributed by atoms with Gasteiger partial charge in [0.1, 0.15) is 0 Å². The van der Waals surface area contributed by atoms with Gasteiger partial charge in [0, 0.05) is 38.4 Å². The molecule has 3 heteroatoms. The molecule has 1 aliphatic rings. The van der Waals surface area contributed by atoms with Crippen molar-refractivity contribution in [2.75, 3.05) is 19.6 Å². The maximum absolute atomic E-state index is 4.40. The highest BCUT2D eigenvalue weighted by Crippen LogP contribution is 2.18. The molecule has 18 heavy (non-hydrogen) atoms. The second-order valence-electron chi connectivity index (χ2n) is 5.13. The first kappa shape index (κ1) is 13.2. The van der Waals surface area contributed by atoms with Crippen molar-refractivity contribution in [2.24, 2.45) is 5.92 Å². The molecule has 0 amide bonds. The van der Waals surface area contributed by atoms with Crippen LogP contribution in [0.1, 0.15) is 19.0 Å². The van der Waals surface area contributed by atoms with Gasteiger partial charge in [0.05, 0.1) is 5.69 Å². The third-order valence-corrected chi connectivity index (χ3v) is 3.63. The molecule has 1 N–H and O–H groups in total. The molecular formula is C15H23N3. The van der Waals surface area contributed by atoms with Crippen molar-refractivity contribution in [3.05, 3.63) is 42.7 Å². The minimum absolute atomic E-state index is 0.628. The number of piperidine rings is 1. The first-order chi connectivity index (χ1) is 8.79. The SMILES string of the molecule is C=CCN[C@@H]1CCN(Cc2ccccn2)C[C@H]1C. The molecule has 3 nitrogen and oxygen atoms in total. The van der Waals surface area contributed by atoms with Crippen LogP contribution >= 0.6 is 0 Å². The summed E-state index contributed by atoms with van der Waals surface area (Å²) in [4.78, 5) is 6.90. The zero-order valence-electron chi connectivity index (χ0n) is 11.2. The highest BCUT2D eigenvalue weighted by Gasteiger charge is 2.25. The first-order valence-corrected chi connectivity index (χ1v) is 6.76. The summed E-state index contributed by atoms with van der Waals surface area (Å²) in [6, 6.07) is 6.76. The van der Waals surface area contributed by atoms with Crippen LogP contribution in [0.4, 0.5) is 0 Å².